The third kappa shape index (κ3) is 1.18. The number of aromatic nitrogens is 1. The first kappa shape index (κ1) is 10.7. The van der Waals surface area contributed by atoms with E-state index in [0.717, 1.165) is 0 Å². The van der Waals surface area contributed by atoms with Crippen molar-refractivity contribution in [2.75, 3.05) is 0 Å². The highest BCUT2D eigenvalue weighted by Gasteiger charge is 2.37. The summed E-state index contributed by atoms with van der Waals surface area (Å²) in [6, 6.07) is 4.42. The highest BCUT2D eigenvalue weighted by Crippen LogP contribution is 2.33. The fourth-order valence-electron chi connectivity index (χ4n) is 2.17. The first-order valence-corrected chi connectivity index (χ1v) is 5.55. The van der Waals surface area contributed by atoms with Gasteiger partial charge in [-0.05, 0) is 12.5 Å². The molecule has 0 bridgehead atoms. The Morgan fingerprint density at radius 3 is 2.72 bits per heavy atom. The molecule has 0 radical (unpaired) electrons. The van der Waals surface area contributed by atoms with Crippen LogP contribution in [0.4, 0.5) is 0 Å². The smallest absolute Gasteiger partial charge is 0.236 e. The maximum absolute atomic E-state index is 12.3. The molecule has 1 N–H and O–H groups in total. The zero-order valence-electron chi connectivity index (χ0n) is 9.56. The minimum atomic E-state index is -0.495. The van der Waals surface area contributed by atoms with Crippen LogP contribution in [-0.2, 0) is 6.42 Å². The molecule has 1 aliphatic rings. The average molecular weight is 243 g/mol. The van der Waals surface area contributed by atoms with Crippen LogP contribution in [-0.4, -0.2) is 21.8 Å². The normalized spacial score (nSPS) is 13.4. The third-order valence-electron chi connectivity index (χ3n) is 3.05. The van der Waals surface area contributed by atoms with Gasteiger partial charge in [0.2, 0.25) is 11.5 Å². The predicted molar refractivity (Wildman–Crippen MR) is 60.9 cm³/mol. The van der Waals surface area contributed by atoms with Gasteiger partial charge in [-0.1, -0.05) is 24.2 Å². The molecule has 0 spiro atoms. The Labute approximate surface area is 102 Å². The van der Waals surface area contributed by atoms with E-state index >= 15 is 0 Å². The van der Waals surface area contributed by atoms with Crippen molar-refractivity contribution < 1.29 is 19.2 Å². The van der Waals surface area contributed by atoms with Crippen LogP contribution in [0.3, 0.4) is 0 Å². The lowest BCUT2D eigenvalue weighted by atomic mass is 9.86. The molecule has 0 amide bonds. The van der Waals surface area contributed by atoms with Gasteiger partial charge in [-0.25, -0.2) is 0 Å². The van der Waals surface area contributed by atoms with Gasteiger partial charge in [0.25, 0.3) is 0 Å². The van der Waals surface area contributed by atoms with Crippen molar-refractivity contribution in [3.63, 3.8) is 0 Å². The van der Waals surface area contributed by atoms with E-state index in [1.54, 1.807) is 0 Å². The van der Waals surface area contributed by atoms with Gasteiger partial charge in [-0.3, -0.25) is 9.59 Å². The van der Waals surface area contributed by atoms with Crippen LogP contribution in [0, 0.1) is 0 Å². The number of benzene rings is 1. The zero-order valence-corrected chi connectivity index (χ0v) is 9.56. The van der Waals surface area contributed by atoms with Crippen LogP contribution in [0.5, 0.6) is 5.75 Å². The molecule has 1 heterocycles. The van der Waals surface area contributed by atoms with Crippen molar-refractivity contribution >= 4 is 11.6 Å². The predicted octanol–water partition coefficient (Wildman–Crippen LogP) is 1.72. The number of nitrogens with zero attached hydrogens (tertiary/aromatic N) is 1. The van der Waals surface area contributed by atoms with Crippen molar-refractivity contribution in [3.05, 3.63) is 46.3 Å². The van der Waals surface area contributed by atoms with E-state index in [4.69, 9.17) is 4.52 Å². The van der Waals surface area contributed by atoms with Crippen molar-refractivity contribution in [2.24, 2.45) is 0 Å². The van der Waals surface area contributed by atoms with E-state index in [-0.39, 0.29) is 34.0 Å². The van der Waals surface area contributed by atoms with Crippen molar-refractivity contribution in [1.82, 2.24) is 5.16 Å². The van der Waals surface area contributed by atoms with Gasteiger partial charge in [-0.2, -0.15) is 0 Å². The van der Waals surface area contributed by atoms with Gasteiger partial charge in [0.15, 0.2) is 5.78 Å². The largest absolute Gasteiger partial charge is 0.507 e. The number of phenols is 1. The topological polar surface area (TPSA) is 80.4 Å². The number of aryl methyl sites for hydroxylation is 1. The number of fused-ring (bicyclic) bond motifs is 2. The minimum Gasteiger partial charge on any atom is -0.507 e. The molecule has 5 nitrogen and oxygen atoms in total. The Morgan fingerprint density at radius 1 is 1.22 bits per heavy atom. The summed E-state index contributed by atoms with van der Waals surface area (Å²) in [4.78, 5) is 24.4. The molecule has 0 saturated heterocycles. The Kier molecular flexibility index (Phi) is 2.10. The average Bonchev–Trinajstić information content (AvgIpc) is 2.80. The molecular weight excluding hydrogens is 234 g/mol. The molecule has 2 aromatic rings. The molecule has 0 atom stereocenters. The maximum Gasteiger partial charge on any atom is 0.236 e. The molecule has 5 heteroatoms. The Hall–Kier alpha value is -2.43. The van der Waals surface area contributed by atoms with Crippen LogP contribution in [0.2, 0.25) is 0 Å². The van der Waals surface area contributed by atoms with Gasteiger partial charge in [-0.15, -0.1) is 0 Å². The number of carbonyl (C=O) groups is 2. The molecule has 90 valence electrons. The van der Waals surface area contributed by atoms with Crippen molar-refractivity contribution in [2.45, 2.75) is 13.3 Å². The summed E-state index contributed by atoms with van der Waals surface area (Å²) >= 11 is 0. The lowest BCUT2D eigenvalue weighted by Crippen LogP contribution is -2.20. The number of hydrogen-bond donors (Lipinski definition) is 1. The Bertz CT molecular complexity index is 684. The molecule has 18 heavy (non-hydrogen) atoms. The molecule has 1 aliphatic carbocycles. The number of carbonyl (C=O) groups excluding carboxylic acids is 2. The van der Waals surface area contributed by atoms with E-state index in [2.05, 4.69) is 5.16 Å². The molecule has 0 saturated carbocycles. The van der Waals surface area contributed by atoms with E-state index in [1.165, 1.54) is 18.2 Å². The fourth-order valence-corrected chi connectivity index (χ4v) is 2.17. The number of ketones is 2. The Balaban J connectivity index is 2.34. The number of rotatable bonds is 1. The molecule has 0 aliphatic heterocycles. The highest BCUT2D eigenvalue weighted by atomic mass is 16.5. The summed E-state index contributed by atoms with van der Waals surface area (Å²) in [5.74, 6) is -1.12. The first-order valence-electron chi connectivity index (χ1n) is 5.55. The fraction of sp³-hybridized carbons (Fsp3) is 0.154. The second-order valence-corrected chi connectivity index (χ2v) is 4.04. The second kappa shape index (κ2) is 3.53. The van der Waals surface area contributed by atoms with Crippen molar-refractivity contribution in [3.8, 4) is 5.75 Å². The van der Waals surface area contributed by atoms with E-state index in [0.29, 0.717) is 12.1 Å². The molecule has 1 aromatic heterocycles. The van der Waals surface area contributed by atoms with E-state index in [1.807, 2.05) is 6.92 Å². The molecule has 0 unspecified atom stereocenters. The summed E-state index contributed by atoms with van der Waals surface area (Å²) in [5, 5.41) is 13.4. The second-order valence-electron chi connectivity index (χ2n) is 4.04. The van der Waals surface area contributed by atoms with Crippen LogP contribution in [0.1, 0.15) is 44.7 Å². The van der Waals surface area contributed by atoms with Gasteiger partial charge >= 0.3 is 0 Å². The van der Waals surface area contributed by atoms with Gasteiger partial charge in [0, 0.05) is 5.56 Å². The highest BCUT2D eigenvalue weighted by molar-refractivity contribution is 6.28. The van der Waals surface area contributed by atoms with Crippen molar-refractivity contribution in [1.29, 1.82) is 0 Å². The monoisotopic (exact) mass is 243 g/mol. The summed E-state index contributed by atoms with van der Waals surface area (Å²) in [6.45, 7) is 1.83. The summed E-state index contributed by atoms with van der Waals surface area (Å²) < 4.78 is 4.94. The maximum atomic E-state index is 12.3. The van der Waals surface area contributed by atoms with Crippen LogP contribution in [0.15, 0.2) is 22.7 Å². The minimum absolute atomic E-state index is 0.00574. The van der Waals surface area contributed by atoms with Gasteiger partial charge < -0.3 is 9.63 Å². The van der Waals surface area contributed by atoms with Crippen LogP contribution in [0.25, 0.3) is 0 Å². The molecule has 1 aromatic carbocycles. The standard InChI is InChI=1S/C13H9NO4/c1-2-7-10-11(16)6-4-3-5-8(15)9(6)12(17)13(10)18-14-7/h3-5,15H,2H2,1H3. The summed E-state index contributed by atoms with van der Waals surface area (Å²) in [7, 11) is 0. The number of phenolic OH excluding ortho intramolecular Hbond substituents is 1. The lowest BCUT2D eigenvalue weighted by Gasteiger charge is -2.13. The zero-order chi connectivity index (χ0) is 12.9. The van der Waals surface area contributed by atoms with Crippen LogP contribution >= 0.6 is 0 Å². The van der Waals surface area contributed by atoms with Crippen LogP contribution < -0.4 is 0 Å². The Morgan fingerprint density at radius 2 is 2.00 bits per heavy atom. The molecule has 0 fully saturated rings. The summed E-state index contributed by atoms with van der Waals surface area (Å²) in [6.07, 6.45) is 0.506. The lowest BCUT2D eigenvalue weighted by molar-refractivity contribution is 0.0952. The van der Waals surface area contributed by atoms with Gasteiger partial charge in [0.1, 0.15) is 5.75 Å². The first-order chi connectivity index (χ1) is 8.65. The SMILES string of the molecule is CCc1noc2c1C(=O)c1cccc(O)c1C2=O. The number of hydrogen-bond acceptors (Lipinski definition) is 5. The third-order valence-corrected chi connectivity index (χ3v) is 3.05. The number of aromatic hydroxyl groups is 1. The summed E-state index contributed by atoms with van der Waals surface area (Å²) in [5.41, 5.74) is 0.886. The van der Waals surface area contributed by atoms with E-state index < -0.39 is 5.78 Å². The quantitative estimate of drug-likeness (QED) is 0.703. The van der Waals surface area contributed by atoms with E-state index in [9.17, 15) is 14.7 Å². The van der Waals surface area contributed by atoms with Gasteiger partial charge in [0.05, 0.1) is 16.8 Å². The molecular formula is C13H9NO4. The molecule has 3 rings (SSSR count).